The quantitative estimate of drug-likeness (QED) is 0.848. The Morgan fingerprint density at radius 3 is 2.79 bits per heavy atom. The Morgan fingerprint density at radius 1 is 1.26 bits per heavy atom. The maximum Gasteiger partial charge on any atom is 0.257 e. The maximum atomic E-state index is 11.9. The first-order valence-corrected chi connectivity index (χ1v) is 6.92. The van der Waals surface area contributed by atoms with Crippen LogP contribution in [-0.4, -0.2) is 10.9 Å². The van der Waals surface area contributed by atoms with Gasteiger partial charge in [0.15, 0.2) is 5.43 Å². The van der Waals surface area contributed by atoms with Crippen LogP contribution >= 0.6 is 15.9 Å². The second-order valence-electron chi connectivity index (χ2n) is 4.06. The average molecular weight is 321 g/mol. The summed E-state index contributed by atoms with van der Waals surface area (Å²) in [6.45, 7) is 0.397. The lowest BCUT2D eigenvalue weighted by Crippen LogP contribution is -2.28. The van der Waals surface area contributed by atoms with Crippen LogP contribution in [0.4, 0.5) is 0 Å². The van der Waals surface area contributed by atoms with Crippen LogP contribution in [-0.2, 0) is 11.9 Å². The summed E-state index contributed by atoms with van der Waals surface area (Å²) in [5, 5.41) is 3.50. The van der Waals surface area contributed by atoms with Crippen LogP contribution in [0.3, 0.4) is 0 Å². The SMILES string of the molecule is O=C(NCc1cccc(CBr)c1)c1c[nH]ccc1=O. The first-order chi connectivity index (χ1) is 9.20. The Kier molecular flexibility index (Phi) is 4.52. The second-order valence-corrected chi connectivity index (χ2v) is 4.62. The van der Waals surface area contributed by atoms with E-state index in [9.17, 15) is 9.59 Å². The number of aromatic nitrogens is 1. The van der Waals surface area contributed by atoms with Crippen LogP contribution in [0.5, 0.6) is 0 Å². The highest BCUT2D eigenvalue weighted by molar-refractivity contribution is 9.08. The molecule has 0 bridgehead atoms. The van der Waals surface area contributed by atoms with Gasteiger partial charge in [0.2, 0.25) is 0 Å². The van der Waals surface area contributed by atoms with Crippen molar-refractivity contribution in [1.29, 1.82) is 0 Å². The van der Waals surface area contributed by atoms with E-state index in [-0.39, 0.29) is 16.9 Å². The van der Waals surface area contributed by atoms with Crippen molar-refractivity contribution in [1.82, 2.24) is 10.3 Å². The smallest absolute Gasteiger partial charge is 0.257 e. The lowest BCUT2D eigenvalue weighted by atomic mass is 10.1. The highest BCUT2D eigenvalue weighted by atomic mass is 79.9. The molecule has 2 N–H and O–H groups in total. The number of alkyl halides is 1. The van der Waals surface area contributed by atoms with Crippen molar-refractivity contribution in [3.8, 4) is 0 Å². The van der Waals surface area contributed by atoms with Crippen LogP contribution in [0, 0.1) is 0 Å². The number of pyridine rings is 1. The highest BCUT2D eigenvalue weighted by Crippen LogP contribution is 2.08. The molecular weight excluding hydrogens is 308 g/mol. The van der Waals surface area contributed by atoms with Crippen molar-refractivity contribution in [2.45, 2.75) is 11.9 Å². The summed E-state index contributed by atoms with van der Waals surface area (Å²) in [4.78, 5) is 26.1. The molecule has 1 amide bonds. The minimum Gasteiger partial charge on any atom is -0.367 e. The number of hydrogen-bond donors (Lipinski definition) is 2. The predicted octanol–water partition coefficient (Wildman–Crippen LogP) is 2.20. The fourth-order valence-corrected chi connectivity index (χ4v) is 2.04. The number of amides is 1. The molecule has 0 aliphatic carbocycles. The number of benzene rings is 1. The first kappa shape index (κ1) is 13.5. The molecule has 0 aliphatic heterocycles. The number of nitrogens with one attached hydrogen (secondary N) is 2. The summed E-state index contributed by atoms with van der Waals surface area (Å²) >= 11 is 3.39. The Balaban J connectivity index is 2.04. The summed E-state index contributed by atoms with van der Waals surface area (Å²) in [6.07, 6.45) is 2.91. The van der Waals surface area contributed by atoms with Crippen molar-refractivity contribution in [3.05, 3.63) is 69.6 Å². The van der Waals surface area contributed by atoms with E-state index >= 15 is 0 Å². The van der Waals surface area contributed by atoms with Gasteiger partial charge in [0.1, 0.15) is 5.56 Å². The number of carbonyl (C=O) groups is 1. The molecule has 0 unspecified atom stereocenters. The molecule has 4 nitrogen and oxygen atoms in total. The standard InChI is InChI=1S/C14H13BrN2O2/c15-7-10-2-1-3-11(6-10)8-17-14(19)12-9-16-5-4-13(12)18/h1-6,9H,7-8H2,(H,16,18)(H,17,19). The van der Waals surface area contributed by atoms with E-state index in [4.69, 9.17) is 0 Å². The molecule has 0 fully saturated rings. The van der Waals surface area contributed by atoms with Gasteiger partial charge in [-0.15, -0.1) is 0 Å². The van der Waals surface area contributed by atoms with Gasteiger partial charge in [-0.3, -0.25) is 9.59 Å². The zero-order valence-electron chi connectivity index (χ0n) is 10.2. The van der Waals surface area contributed by atoms with Crippen LogP contribution in [0.1, 0.15) is 21.5 Å². The summed E-state index contributed by atoms with van der Waals surface area (Å²) in [7, 11) is 0. The molecule has 98 valence electrons. The van der Waals surface area contributed by atoms with Crippen molar-refractivity contribution >= 4 is 21.8 Å². The molecule has 2 aromatic rings. The van der Waals surface area contributed by atoms with Crippen molar-refractivity contribution in [2.24, 2.45) is 0 Å². The minimum absolute atomic E-state index is 0.124. The second kappa shape index (κ2) is 6.33. The lowest BCUT2D eigenvalue weighted by Gasteiger charge is -2.06. The van der Waals surface area contributed by atoms with Gasteiger partial charge in [0.25, 0.3) is 5.91 Å². The van der Waals surface area contributed by atoms with E-state index in [0.29, 0.717) is 6.54 Å². The fourth-order valence-electron chi connectivity index (χ4n) is 1.69. The van der Waals surface area contributed by atoms with E-state index in [0.717, 1.165) is 16.5 Å². The van der Waals surface area contributed by atoms with Crippen LogP contribution < -0.4 is 10.7 Å². The molecule has 0 atom stereocenters. The van der Waals surface area contributed by atoms with E-state index < -0.39 is 0 Å². The third-order valence-corrected chi connectivity index (χ3v) is 3.31. The number of halogens is 1. The van der Waals surface area contributed by atoms with E-state index in [2.05, 4.69) is 26.2 Å². The summed E-state index contributed by atoms with van der Waals surface area (Å²) in [5.74, 6) is -0.369. The van der Waals surface area contributed by atoms with Gasteiger partial charge in [0, 0.05) is 30.3 Å². The first-order valence-electron chi connectivity index (χ1n) is 5.80. The fraction of sp³-hybridized carbons (Fsp3) is 0.143. The molecule has 2 rings (SSSR count). The van der Waals surface area contributed by atoms with Gasteiger partial charge >= 0.3 is 0 Å². The van der Waals surface area contributed by atoms with Gasteiger partial charge < -0.3 is 10.3 Å². The molecule has 0 saturated carbocycles. The molecule has 0 aliphatic rings. The van der Waals surface area contributed by atoms with E-state index in [1.807, 2.05) is 24.3 Å². The number of rotatable bonds is 4. The normalized spacial score (nSPS) is 10.2. The van der Waals surface area contributed by atoms with Crippen molar-refractivity contribution < 1.29 is 4.79 Å². The Hall–Kier alpha value is -1.88. The zero-order valence-corrected chi connectivity index (χ0v) is 11.7. The topological polar surface area (TPSA) is 62.0 Å². The summed E-state index contributed by atoms with van der Waals surface area (Å²) in [5.41, 5.74) is 1.98. The van der Waals surface area contributed by atoms with Gasteiger partial charge in [-0.25, -0.2) is 0 Å². The minimum atomic E-state index is -0.369. The van der Waals surface area contributed by atoms with Gasteiger partial charge in [-0.1, -0.05) is 40.2 Å². The number of hydrogen-bond acceptors (Lipinski definition) is 2. The molecule has 1 aromatic heterocycles. The van der Waals surface area contributed by atoms with Gasteiger partial charge in [0.05, 0.1) is 0 Å². The van der Waals surface area contributed by atoms with Gasteiger partial charge in [-0.05, 0) is 11.1 Å². The molecule has 1 aromatic carbocycles. The molecule has 1 heterocycles. The predicted molar refractivity (Wildman–Crippen MR) is 77.3 cm³/mol. The summed E-state index contributed by atoms with van der Waals surface area (Å²) < 4.78 is 0. The van der Waals surface area contributed by atoms with E-state index in [1.54, 1.807) is 0 Å². The maximum absolute atomic E-state index is 11.9. The Morgan fingerprint density at radius 2 is 2.05 bits per heavy atom. The molecule has 0 radical (unpaired) electrons. The molecule has 5 heteroatoms. The number of aromatic amines is 1. The molecule has 0 saturated heterocycles. The van der Waals surface area contributed by atoms with Gasteiger partial charge in [-0.2, -0.15) is 0 Å². The third kappa shape index (κ3) is 3.54. The monoisotopic (exact) mass is 320 g/mol. The van der Waals surface area contributed by atoms with Crippen molar-refractivity contribution in [2.75, 3.05) is 0 Å². The Bertz CT molecular complexity index is 637. The zero-order chi connectivity index (χ0) is 13.7. The highest BCUT2D eigenvalue weighted by Gasteiger charge is 2.08. The molecule has 19 heavy (non-hydrogen) atoms. The van der Waals surface area contributed by atoms with E-state index in [1.165, 1.54) is 18.5 Å². The van der Waals surface area contributed by atoms with Crippen molar-refractivity contribution in [3.63, 3.8) is 0 Å². The van der Waals surface area contributed by atoms with Crippen LogP contribution in [0.25, 0.3) is 0 Å². The van der Waals surface area contributed by atoms with Crippen LogP contribution in [0.15, 0.2) is 47.5 Å². The van der Waals surface area contributed by atoms with Crippen LogP contribution in [0.2, 0.25) is 0 Å². The Labute approximate surface area is 119 Å². The summed E-state index contributed by atoms with van der Waals surface area (Å²) in [6, 6.07) is 9.21. The molecular formula is C14H13BrN2O2. The molecule has 0 spiro atoms. The number of carbonyl (C=O) groups excluding carboxylic acids is 1. The third-order valence-electron chi connectivity index (χ3n) is 2.67. The number of H-pyrrole nitrogens is 1. The lowest BCUT2D eigenvalue weighted by molar-refractivity contribution is 0.0949. The largest absolute Gasteiger partial charge is 0.367 e. The average Bonchev–Trinajstić information content (AvgIpc) is 2.45.